The van der Waals surface area contributed by atoms with Gasteiger partial charge in [0.05, 0.1) is 15.7 Å². The quantitative estimate of drug-likeness (QED) is 0.609. The Morgan fingerprint density at radius 2 is 1.76 bits per heavy atom. The maximum absolute atomic E-state index is 6.23. The van der Waals surface area contributed by atoms with Crippen LogP contribution in [0, 0.1) is 0 Å². The second kappa shape index (κ2) is 6.22. The van der Waals surface area contributed by atoms with Gasteiger partial charge in [0.25, 0.3) is 0 Å². The van der Waals surface area contributed by atoms with E-state index in [0.717, 1.165) is 21.1 Å². The maximum Gasteiger partial charge on any atom is 0.0722 e. The molecule has 2 nitrogen and oxygen atoms in total. The number of aromatic nitrogens is 1. The highest BCUT2D eigenvalue weighted by Gasteiger charge is 2.08. The number of benzene rings is 2. The lowest BCUT2D eigenvalue weighted by Gasteiger charge is -2.12. The molecule has 0 amide bonds. The molecule has 0 saturated carbocycles. The Kier molecular flexibility index (Phi) is 4.34. The van der Waals surface area contributed by atoms with Crippen molar-refractivity contribution in [2.24, 2.45) is 0 Å². The van der Waals surface area contributed by atoms with E-state index in [-0.39, 0.29) is 0 Å². The van der Waals surface area contributed by atoms with Crippen LogP contribution in [-0.4, -0.2) is 4.98 Å². The number of rotatable bonds is 3. The summed E-state index contributed by atoms with van der Waals surface area (Å²) in [6.45, 7) is 0.607. The topological polar surface area (TPSA) is 24.9 Å². The molecule has 3 rings (SSSR count). The maximum atomic E-state index is 6.23. The minimum absolute atomic E-state index is 0.586. The number of nitrogens with zero attached hydrogens (tertiary/aromatic N) is 1. The van der Waals surface area contributed by atoms with Crippen molar-refractivity contribution in [1.29, 1.82) is 0 Å². The lowest BCUT2D eigenvalue weighted by Crippen LogP contribution is -2.02. The monoisotopic (exact) mass is 380 g/mol. The van der Waals surface area contributed by atoms with Gasteiger partial charge >= 0.3 is 0 Å². The second-order valence-electron chi connectivity index (χ2n) is 4.62. The molecule has 0 aliphatic carbocycles. The van der Waals surface area contributed by atoms with Gasteiger partial charge in [0, 0.05) is 28.8 Å². The molecule has 0 radical (unpaired) electrons. The summed E-state index contributed by atoms with van der Waals surface area (Å²) in [5.74, 6) is 0. The van der Waals surface area contributed by atoms with Crippen LogP contribution in [-0.2, 0) is 6.54 Å². The van der Waals surface area contributed by atoms with E-state index in [9.17, 15) is 0 Å². The van der Waals surface area contributed by atoms with E-state index >= 15 is 0 Å². The smallest absolute Gasteiger partial charge is 0.0722 e. The van der Waals surface area contributed by atoms with E-state index in [2.05, 4.69) is 32.3 Å². The molecule has 0 spiro atoms. The first-order valence-corrected chi connectivity index (χ1v) is 7.90. The van der Waals surface area contributed by atoms with Crippen LogP contribution in [0.5, 0.6) is 0 Å². The van der Waals surface area contributed by atoms with Gasteiger partial charge in [-0.25, -0.2) is 0 Å². The van der Waals surface area contributed by atoms with Crippen molar-refractivity contribution in [3.63, 3.8) is 0 Å². The average Bonchev–Trinajstić information content (AvgIpc) is 2.46. The van der Waals surface area contributed by atoms with Crippen LogP contribution in [0.15, 0.2) is 53.3 Å². The van der Waals surface area contributed by atoms with Gasteiger partial charge in [-0.1, -0.05) is 63.4 Å². The molecule has 0 aliphatic heterocycles. The summed E-state index contributed by atoms with van der Waals surface area (Å²) in [6, 6.07) is 11.8. The van der Waals surface area contributed by atoms with E-state index in [4.69, 9.17) is 23.2 Å². The van der Waals surface area contributed by atoms with E-state index in [1.807, 2.05) is 42.7 Å². The molecule has 5 heteroatoms. The molecule has 0 bridgehead atoms. The van der Waals surface area contributed by atoms with Crippen molar-refractivity contribution in [3.05, 3.63) is 68.9 Å². The fourth-order valence-electron chi connectivity index (χ4n) is 2.21. The summed E-state index contributed by atoms with van der Waals surface area (Å²) in [6.07, 6.45) is 3.72. The standard InChI is InChI=1S/C16H11BrCl2N2/c17-12-5-14(18)16(15(19)6-12)21-9-11-8-20-7-10-3-1-2-4-13(10)11/h1-8,21H,9H2. The summed E-state index contributed by atoms with van der Waals surface area (Å²) < 4.78 is 0.856. The third kappa shape index (κ3) is 3.15. The number of hydrogen-bond donors (Lipinski definition) is 1. The molecule has 0 aliphatic rings. The van der Waals surface area contributed by atoms with E-state index < -0.39 is 0 Å². The highest BCUT2D eigenvalue weighted by molar-refractivity contribution is 9.10. The molecule has 0 fully saturated rings. The number of pyridine rings is 1. The Labute approximate surface area is 141 Å². The number of fused-ring (bicyclic) bond motifs is 1. The molecular formula is C16H11BrCl2N2. The van der Waals surface area contributed by atoms with Gasteiger partial charge in [0.1, 0.15) is 0 Å². The average molecular weight is 382 g/mol. The lowest BCUT2D eigenvalue weighted by molar-refractivity contribution is 1.14. The lowest BCUT2D eigenvalue weighted by atomic mass is 10.1. The van der Waals surface area contributed by atoms with Gasteiger partial charge in [0.2, 0.25) is 0 Å². The van der Waals surface area contributed by atoms with Crippen LogP contribution in [0.2, 0.25) is 10.0 Å². The van der Waals surface area contributed by atoms with Crippen LogP contribution in [0.4, 0.5) is 5.69 Å². The molecule has 1 aromatic heterocycles. The number of anilines is 1. The zero-order chi connectivity index (χ0) is 14.8. The largest absolute Gasteiger partial charge is 0.378 e. The number of halogens is 3. The first-order chi connectivity index (χ1) is 10.1. The van der Waals surface area contributed by atoms with Crippen molar-refractivity contribution < 1.29 is 0 Å². The Bertz CT molecular complexity index is 777. The van der Waals surface area contributed by atoms with Crippen molar-refractivity contribution >= 4 is 55.6 Å². The normalized spacial score (nSPS) is 10.8. The zero-order valence-electron chi connectivity index (χ0n) is 10.9. The van der Waals surface area contributed by atoms with Crippen LogP contribution < -0.4 is 5.32 Å². The summed E-state index contributed by atoms with van der Waals surface area (Å²) in [4.78, 5) is 4.27. The molecule has 0 atom stereocenters. The molecule has 1 N–H and O–H groups in total. The third-order valence-corrected chi connectivity index (χ3v) is 4.27. The third-order valence-electron chi connectivity index (χ3n) is 3.21. The van der Waals surface area contributed by atoms with E-state index in [1.165, 1.54) is 5.39 Å². The summed E-state index contributed by atoms with van der Waals surface area (Å²) in [5, 5.41) is 6.75. The van der Waals surface area contributed by atoms with Gasteiger partial charge < -0.3 is 5.32 Å². The summed E-state index contributed by atoms with van der Waals surface area (Å²) >= 11 is 15.8. The Balaban J connectivity index is 1.91. The van der Waals surface area contributed by atoms with E-state index in [1.54, 1.807) is 0 Å². The zero-order valence-corrected chi connectivity index (χ0v) is 14.0. The van der Waals surface area contributed by atoms with Crippen LogP contribution in [0.1, 0.15) is 5.56 Å². The summed E-state index contributed by atoms with van der Waals surface area (Å²) in [7, 11) is 0. The van der Waals surface area contributed by atoms with Crippen molar-refractivity contribution in [3.8, 4) is 0 Å². The SMILES string of the molecule is Clc1cc(Br)cc(Cl)c1NCc1cncc2ccccc12. The molecule has 21 heavy (non-hydrogen) atoms. The van der Waals surface area contributed by atoms with Crippen molar-refractivity contribution in [1.82, 2.24) is 4.98 Å². The molecule has 0 saturated heterocycles. The summed E-state index contributed by atoms with van der Waals surface area (Å²) in [5.41, 5.74) is 1.83. The molecule has 1 heterocycles. The molecular weight excluding hydrogens is 371 g/mol. The van der Waals surface area contributed by atoms with Crippen LogP contribution >= 0.6 is 39.1 Å². The minimum Gasteiger partial charge on any atom is -0.378 e. The molecule has 106 valence electrons. The highest BCUT2D eigenvalue weighted by atomic mass is 79.9. The van der Waals surface area contributed by atoms with E-state index in [0.29, 0.717) is 16.6 Å². The predicted molar refractivity (Wildman–Crippen MR) is 93.2 cm³/mol. The van der Waals surface area contributed by atoms with Crippen LogP contribution in [0.3, 0.4) is 0 Å². The fraction of sp³-hybridized carbons (Fsp3) is 0.0625. The van der Waals surface area contributed by atoms with Gasteiger partial charge in [-0.15, -0.1) is 0 Å². The van der Waals surface area contributed by atoms with Gasteiger partial charge in [-0.2, -0.15) is 0 Å². The number of hydrogen-bond acceptors (Lipinski definition) is 2. The van der Waals surface area contributed by atoms with Gasteiger partial charge in [-0.05, 0) is 23.1 Å². The fourth-order valence-corrected chi connectivity index (χ4v) is 3.56. The van der Waals surface area contributed by atoms with Gasteiger partial charge in [0.15, 0.2) is 0 Å². The highest BCUT2D eigenvalue weighted by Crippen LogP contribution is 2.34. The molecule has 2 aromatic carbocycles. The molecule has 3 aromatic rings. The number of nitrogens with one attached hydrogen (secondary N) is 1. The molecule has 0 unspecified atom stereocenters. The minimum atomic E-state index is 0.586. The van der Waals surface area contributed by atoms with Crippen molar-refractivity contribution in [2.45, 2.75) is 6.54 Å². The Morgan fingerprint density at radius 3 is 2.52 bits per heavy atom. The van der Waals surface area contributed by atoms with Crippen LogP contribution in [0.25, 0.3) is 10.8 Å². The Morgan fingerprint density at radius 1 is 1.05 bits per heavy atom. The predicted octanol–water partition coefficient (Wildman–Crippen LogP) is 5.92. The first-order valence-electron chi connectivity index (χ1n) is 6.35. The van der Waals surface area contributed by atoms with Crippen molar-refractivity contribution in [2.75, 3.05) is 5.32 Å². The Hall–Kier alpha value is -1.29. The van der Waals surface area contributed by atoms with Gasteiger partial charge in [-0.3, -0.25) is 4.98 Å². The second-order valence-corrected chi connectivity index (χ2v) is 6.35. The first kappa shape index (κ1) is 14.6.